The van der Waals surface area contributed by atoms with Crippen LogP contribution in [0.15, 0.2) is 45.8 Å². The molecule has 3 atom stereocenters. The van der Waals surface area contributed by atoms with E-state index < -0.39 is 0 Å². The third-order valence-electron chi connectivity index (χ3n) is 5.90. The maximum atomic E-state index is 5.49. The number of anilines is 1. The number of nitrogens with zero attached hydrogens (tertiary/aromatic N) is 5. The second-order valence-corrected chi connectivity index (χ2v) is 8.21. The zero-order valence-electron chi connectivity index (χ0n) is 17.6. The quantitative estimate of drug-likeness (QED) is 0.644. The van der Waals surface area contributed by atoms with Gasteiger partial charge in [0.2, 0.25) is 0 Å². The minimum atomic E-state index is -0.166. The van der Waals surface area contributed by atoms with Gasteiger partial charge in [-0.3, -0.25) is 20.3 Å². The van der Waals surface area contributed by atoms with Gasteiger partial charge < -0.3 is 15.0 Å². The zero-order valence-corrected chi connectivity index (χ0v) is 17.6. The predicted octanol–water partition coefficient (Wildman–Crippen LogP) is 0.291. The number of likely N-dealkylation sites (N-methyl/N-ethyl adjacent to an activating group) is 1. The van der Waals surface area contributed by atoms with Gasteiger partial charge in [-0.15, -0.1) is 0 Å². The van der Waals surface area contributed by atoms with Gasteiger partial charge in [0.05, 0.1) is 38.4 Å². The molecule has 4 heterocycles. The summed E-state index contributed by atoms with van der Waals surface area (Å²) in [5, 5.41) is 15.5. The van der Waals surface area contributed by atoms with E-state index in [4.69, 9.17) is 4.74 Å². The van der Waals surface area contributed by atoms with Crippen LogP contribution in [0.1, 0.15) is 12.5 Å². The fraction of sp³-hybridized carbons (Fsp3) is 0.524. The lowest BCUT2D eigenvalue weighted by molar-refractivity contribution is 0.122. The molecule has 9 nitrogen and oxygen atoms in total. The van der Waals surface area contributed by atoms with Crippen LogP contribution in [0, 0.1) is 0 Å². The van der Waals surface area contributed by atoms with E-state index in [0.717, 1.165) is 45.2 Å². The van der Waals surface area contributed by atoms with E-state index in [0.29, 0.717) is 0 Å². The first-order valence-corrected chi connectivity index (χ1v) is 10.7. The molecular weight excluding hydrogens is 380 g/mol. The average molecular weight is 411 g/mol. The maximum Gasteiger partial charge on any atom is 0.175 e. The maximum absolute atomic E-state index is 5.49. The van der Waals surface area contributed by atoms with Crippen LogP contribution in [0.5, 0.6) is 0 Å². The lowest BCUT2D eigenvalue weighted by Crippen LogP contribution is -2.51. The van der Waals surface area contributed by atoms with Crippen molar-refractivity contribution in [1.82, 2.24) is 26.1 Å². The Morgan fingerprint density at radius 3 is 2.93 bits per heavy atom. The zero-order chi connectivity index (χ0) is 20.5. The van der Waals surface area contributed by atoms with Gasteiger partial charge in [-0.05, 0) is 24.6 Å². The first-order chi connectivity index (χ1) is 14.7. The van der Waals surface area contributed by atoms with Crippen LogP contribution in [0.4, 0.5) is 5.69 Å². The molecule has 9 heteroatoms. The summed E-state index contributed by atoms with van der Waals surface area (Å²) < 4.78 is 5.49. The van der Waals surface area contributed by atoms with Crippen LogP contribution in [0.2, 0.25) is 0 Å². The fourth-order valence-electron chi connectivity index (χ4n) is 4.32. The number of hydrogen-bond acceptors (Lipinski definition) is 9. The Bertz CT molecular complexity index is 862. The van der Waals surface area contributed by atoms with Crippen molar-refractivity contribution < 1.29 is 4.74 Å². The van der Waals surface area contributed by atoms with Crippen molar-refractivity contribution in [3.63, 3.8) is 0 Å². The molecule has 3 N–H and O–H groups in total. The molecule has 160 valence electrons. The summed E-state index contributed by atoms with van der Waals surface area (Å²) in [6.07, 6.45) is 3.76. The lowest BCUT2D eigenvalue weighted by Gasteiger charge is -2.31. The highest BCUT2D eigenvalue weighted by atomic mass is 16.5. The van der Waals surface area contributed by atoms with Crippen LogP contribution in [-0.4, -0.2) is 80.7 Å². The summed E-state index contributed by atoms with van der Waals surface area (Å²) >= 11 is 0. The lowest BCUT2D eigenvalue weighted by atomic mass is 10.1. The van der Waals surface area contributed by atoms with E-state index in [1.54, 1.807) is 0 Å². The van der Waals surface area contributed by atoms with Gasteiger partial charge in [0, 0.05) is 43.8 Å². The van der Waals surface area contributed by atoms with Crippen LogP contribution in [0.25, 0.3) is 0 Å². The molecule has 3 unspecified atom stereocenters. The van der Waals surface area contributed by atoms with E-state index in [1.807, 2.05) is 24.5 Å². The number of hydrazine groups is 1. The Hall–Kier alpha value is -2.62. The number of nitrogens with one attached hydrogen (secondary N) is 3. The molecule has 1 saturated heterocycles. The molecule has 4 aliphatic heterocycles. The number of aliphatic imine (C=N–C) groups is 1. The number of rotatable bonds is 5. The number of hydrazone groups is 1. The number of morpholine rings is 1. The summed E-state index contributed by atoms with van der Waals surface area (Å²) in [7, 11) is 1.98. The van der Waals surface area contributed by atoms with Gasteiger partial charge in [-0.25, -0.2) is 5.43 Å². The first-order valence-electron chi connectivity index (χ1n) is 10.7. The largest absolute Gasteiger partial charge is 0.378 e. The van der Waals surface area contributed by atoms with Gasteiger partial charge in [-0.1, -0.05) is 12.1 Å². The van der Waals surface area contributed by atoms with Gasteiger partial charge in [0.1, 0.15) is 5.82 Å². The molecule has 30 heavy (non-hydrogen) atoms. The number of ether oxygens (including phenoxy) is 1. The minimum absolute atomic E-state index is 0.166. The molecule has 1 aromatic rings. The van der Waals surface area contributed by atoms with E-state index in [2.05, 4.69) is 67.3 Å². The van der Waals surface area contributed by atoms with E-state index in [1.165, 1.54) is 16.8 Å². The predicted molar refractivity (Wildman–Crippen MR) is 118 cm³/mol. The monoisotopic (exact) mass is 410 g/mol. The van der Waals surface area contributed by atoms with Crippen molar-refractivity contribution in [2.24, 2.45) is 10.1 Å². The number of benzene rings is 1. The third kappa shape index (κ3) is 4.00. The van der Waals surface area contributed by atoms with Crippen LogP contribution >= 0.6 is 0 Å². The molecule has 0 bridgehead atoms. The second-order valence-electron chi connectivity index (χ2n) is 8.21. The third-order valence-corrected chi connectivity index (χ3v) is 5.90. The summed E-state index contributed by atoms with van der Waals surface area (Å²) in [6, 6.07) is 9.21. The van der Waals surface area contributed by atoms with Gasteiger partial charge in [0.15, 0.2) is 6.29 Å². The highest BCUT2D eigenvalue weighted by Crippen LogP contribution is 2.24. The van der Waals surface area contributed by atoms with Crippen molar-refractivity contribution in [1.29, 1.82) is 0 Å². The summed E-state index contributed by atoms with van der Waals surface area (Å²) in [5.74, 6) is 1.09. The van der Waals surface area contributed by atoms with Crippen molar-refractivity contribution in [3.8, 4) is 0 Å². The minimum Gasteiger partial charge on any atom is -0.378 e. The van der Waals surface area contributed by atoms with Crippen molar-refractivity contribution >= 4 is 18.1 Å². The van der Waals surface area contributed by atoms with Crippen molar-refractivity contribution in [3.05, 3.63) is 41.2 Å². The Morgan fingerprint density at radius 2 is 2.13 bits per heavy atom. The molecule has 1 aromatic carbocycles. The van der Waals surface area contributed by atoms with E-state index >= 15 is 0 Å². The number of hydrogen-bond donors (Lipinski definition) is 3. The summed E-state index contributed by atoms with van der Waals surface area (Å²) in [5.41, 5.74) is 7.30. The Balaban J connectivity index is 1.27. The normalized spacial score (nSPS) is 28.3. The molecule has 0 spiro atoms. The Kier molecular flexibility index (Phi) is 5.32. The van der Waals surface area contributed by atoms with Crippen LogP contribution in [0.3, 0.4) is 0 Å². The van der Waals surface area contributed by atoms with Crippen molar-refractivity contribution in [2.45, 2.75) is 31.8 Å². The van der Waals surface area contributed by atoms with Gasteiger partial charge in [-0.2, -0.15) is 5.10 Å². The molecule has 0 radical (unpaired) electrons. The summed E-state index contributed by atoms with van der Waals surface area (Å²) in [4.78, 5) is 7.05. The topological polar surface area (TPSA) is 79.8 Å². The second kappa shape index (κ2) is 8.25. The standard InChI is InChI=1S/C21H30N8O/c1-15-19-12-22-21(24-17-11-23-27(2)14-17)25-20(19)29(26-15)13-16-4-3-5-18(10-16)28-6-8-30-9-7-28/h3-5,10-12,15,17,21,24-26H,6-9,13-14H2,1-2H3. The smallest absolute Gasteiger partial charge is 0.175 e. The Morgan fingerprint density at radius 1 is 1.27 bits per heavy atom. The van der Waals surface area contributed by atoms with Gasteiger partial charge in [0.25, 0.3) is 0 Å². The average Bonchev–Trinajstić information content (AvgIpc) is 3.31. The molecule has 1 fully saturated rings. The highest BCUT2D eigenvalue weighted by molar-refractivity contribution is 5.83. The fourth-order valence-corrected chi connectivity index (χ4v) is 4.32. The molecule has 5 rings (SSSR count). The van der Waals surface area contributed by atoms with Crippen molar-refractivity contribution in [2.75, 3.05) is 44.8 Å². The van der Waals surface area contributed by atoms with Crippen LogP contribution in [-0.2, 0) is 11.3 Å². The molecular formula is C21H30N8O. The molecule has 0 saturated carbocycles. The highest BCUT2D eigenvalue weighted by Gasteiger charge is 2.32. The molecule has 4 aliphatic rings. The summed E-state index contributed by atoms with van der Waals surface area (Å²) in [6.45, 7) is 7.29. The molecule has 0 aromatic heterocycles. The van der Waals surface area contributed by atoms with Gasteiger partial charge >= 0.3 is 0 Å². The first kappa shape index (κ1) is 19.3. The van der Waals surface area contributed by atoms with E-state index in [9.17, 15) is 0 Å². The Labute approximate surface area is 177 Å². The van der Waals surface area contributed by atoms with E-state index in [-0.39, 0.29) is 18.4 Å². The van der Waals surface area contributed by atoms with Crippen LogP contribution < -0.4 is 21.0 Å². The molecule has 0 aliphatic carbocycles. The SMILES string of the molecule is CC1NN(Cc2cccc(N3CCOCC3)c2)C2=C1C=NC(NC1C=NN(C)C1)N2. The molecule has 0 amide bonds.